The Labute approximate surface area is 146 Å². The number of hydrogen-bond acceptors (Lipinski definition) is 4. The van der Waals surface area contributed by atoms with E-state index in [1.54, 1.807) is 11.8 Å². The molecule has 134 valence electrons. The third kappa shape index (κ3) is 3.22. The van der Waals surface area contributed by atoms with Gasteiger partial charge in [0.15, 0.2) is 11.2 Å². The van der Waals surface area contributed by atoms with E-state index in [0.717, 1.165) is 38.6 Å². The highest BCUT2D eigenvalue weighted by Gasteiger charge is 2.45. The van der Waals surface area contributed by atoms with Crippen molar-refractivity contribution in [3.8, 4) is 0 Å². The standard InChI is InChI=1S/C19H24N2O4/c1-13-10-15(22)11-16(25-13)18(24)20-8-6-19(7-9-20)5-4-17(23)21(12-19)14-2-3-14/h10-11,14H,2-9,12H2,1H3. The summed E-state index contributed by atoms with van der Waals surface area (Å²) in [5, 5.41) is 0. The van der Waals surface area contributed by atoms with Gasteiger partial charge in [0, 0.05) is 44.2 Å². The molecule has 1 aromatic rings. The maximum Gasteiger partial charge on any atom is 0.289 e. The quantitative estimate of drug-likeness (QED) is 0.822. The van der Waals surface area contributed by atoms with Crippen LogP contribution in [0.25, 0.3) is 0 Å². The first-order valence-corrected chi connectivity index (χ1v) is 9.16. The Kier molecular flexibility index (Phi) is 3.93. The highest BCUT2D eigenvalue weighted by Crippen LogP contribution is 2.43. The highest BCUT2D eigenvalue weighted by atomic mass is 16.3. The summed E-state index contributed by atoms with van der Waals surface area (Å²) in [4.78, 5) is 40.3. The molecule has 2 aliphatic heterocycles. The number of nitrogens with zero attached hydrogens (tertiary/aromatic N) is 2. The van der Waals surface area contributed by atoms with E-state index in [1.165, 1.54) is 12.1 Å². The van der Waals surface area contributed by atoms with E-state index < -0.39 is 0 Å². The van der Waals surface area contributed by atoms with Crippen LogP contribution in [0.4, 0.5) is 0 Å². The maximum atomic E-state index is 12.6. The van der Waals surface area contributed by atoms with Crippen molar-refractivity contribution in [1.29, 1.82) is 0 Å². The maximum absolute atomic E-state index is 12.6. The molecule has 2 amide bonds. The molecule has 0 radical (unpaired) electrons. The molecule has 1 aliphatic carbocycles. The summed E-state index contributed by atoms with van der Waals surface area (Å²) in [5.41, 5.74) is -0.0489. The van der Waals surface area contributed by atoms with Crippen molar-refractivity contribution in [2.75, 3.05) is 19.6 Å². The van der Waals surface area contributed by atoms with Gasteiger partial charge in [-0.1, -0.05) is 0 Å². The number of piperidine rings is 2. The van der Waals surface area contributed by atoms with E-state index >= 15 is 0 Å². The van der Waals surface area contributed by atoms with Crippen molar-refractivity contribution in [2.45, 2.75) is 51.5 Å². The third-order valence-electron chi connectivity index (χ3n) is 5.89. The van der Waals surface area contributed by atoms with Crippen LogP contribution >= 0.6 is 0 Å². The van der Waals surface area contributed by atoms with Crippen molar-refractivity contribution < 1.29 is 14.0 Å². The lowest BCUT2D eigenvalue weighted by Crippen LogP contribution is -2.53. The summed E-state index contributed by atoms with van der Waals surface area (Å²) in [7, 11) is 0. The van der Waals surface area contributed by atoms with Gasteiger partial charge in [-0.15, -0.1) is 0 Å². The SMILES string of the molecule is Cc1cc(=O)cc(C(=O)N2CCC3(CCC(=O)N(C4CC4)C3)CC2)o1. The molecule has 25 heavy (non-hydrogen) atoms. The second-order valence-corrected chi connectivity index (χ2v) is 7.81. The molecule has 3 heterocycles. The van der Waals surface area contributed by atoms with Crippen LogP contribution in [0.15, 0.2) is 21.3 Å². The Bertz CT molecular complexity index is 757. The Hall–Kier alpha value is -2.11. The van der Waals surface area contributed by atoms with E-state index in [4.69, 9.17) is 4.42 Å². The molecule has 6 nitrogen and oxygen atoms in total. The topological polar surface area (TPSA) is 70.8 Å². The van der Waals surface area contributed by atoms with Crippen LogP contribution in [0.1, 0.15) is 54.8 Å². The van der Waals surface area contributed by atoms with Gasteiger partial charge in [0.25, 0.3) is 5.91 Å². The minimum atomic E-state index is -0.207. The number of aryl methyl sites for hydroxylation is 1. The largest absolute Gasteiger partial charge is 0.456 e. The van der Waals surface area contributed by atoms with E-state index in [-0.39, 0.29) is 22.5 Å². The molecule has 3 aliphatic rings. The Morgan fingerprint density at radius 1 is 1.16 bits per heavy atom. The van der Waals surface area contributed by atoms with Gasteiger partial charge in [-0.25, -0.2) is 0 Å². The van der Waals surface area contributed by atoms with Gasteiger partial charge < -0.3 is 14.2 Å². The predicted octanol–water partition coefficient (Wildman–Crippen LogP) is 1.96. The molecule has 6 heteroatoms. The summed E-state index contributed by atoms with van der Waals surface area (Å²) in [6.45, 7) is 3.83. The van der Waals surface area contributed by atoms with Gasteiger partial charge in [-0.3, -0.25) is 14.4 Å². The van der Waals surface area contributed by atoms with Crippen LogP contribution in [0, 0.1) is 12.3 Å². The van der Waals surface area contributed by atoms with Crippen LogP contribution in [0.2, 0.25) is 0 Å². The van der Waals surface area contributed by atoms with Crippen LogP contribution in [-0.2, 0) is 4.79 Å². The molecule has 1 aromatic heterocycles. The van der Waals surface area contributed by atoms with Crippen molar-refractivity contribution >= 4 is 11.8 Å². The molecule has 2 saturated heterocycles. The third-order valence-corrected chi connectivity index (χ3v) is 5.89. The van der Waals surface area contributed by atoms with Gasteiger partial charge in [0.2, 0.25) is 5.91 Å². The Balaban J connectivity index is 1.43. The summed E-state index contributed by atoms with van der Waals surface area (Å²) in [6, 6.07) is 3.12. The summed E-state index contributed by atoms with van der Waals surface area (Å²) in [5.74, 6) is 0.671. The molecule has 0 aromatic carbocycles. The molecule has 1 saturated carbocycles. The lowest BCUT2D eigenvalue weighted by atomic mass is 9.72. The fraction of sp³-hybridized carbons (Fsp3) is 0.632. The molecular formula is C19H24N2O4. The zero-order chi connectivity index (χ0) is 17.6. The summed E-state index contributed by atoms with van der Waals surface area (Å²) >= 11 is 0. The van der Waals surface area contributed by atoms with Crippen molar-refractivity contribution in [1.82, 2.24) is 9.80 Å². The summed E-state index contributed by atoms with van der Waals surface area (Å²) < 4.78 is 5.44. The van der Waals surface area contributed by atoms with Gasteiger partial charge in [0.1, 0.15) is 5.76 Å². The zero-order valence-electron chi connectivity index (χ0n) is 14.6. The van der Waals surface area contributed by atoms with Gasteiger partial charge >= 0.3 is 0 Å². The second-order valence-electron chi connectivity index (χ2n) is 7.81. The normalized spacial score (nSPS) is 23.2. The number of rotatable bonds is 2. The van der Waals surface area contributed by atoms with Gasteiger partial charge in [-0.2, -0.15) is 0 Å². The molecule has 0 N–H and O–H groups in total. The molecular weight excluding hydrogens is 320 g/mol. The number of likely N-dealkylation sites (tertiary alicyclic amines) is 2. The van der Waals surface area contributed by atoms with Crippen molar-refractivity contribution in [3.05, 3.63) is 33.9 Å². The van der Waals surface area contributed by atoms with E-state index in [1.807, 2.05) is 0 Å². The number of carbonyl (C=O) groups excluding carboxylic acids is 2. The van der Waals surface area contributed by atoms with E-state index in [9.17, 15) is 14.4 Å². The first kappa shape index (κ1) is 16.4. The van der Waals surface area contributed by atoms with Crippen LogP contribution in [-0.4, -0.2) is 47.3 Å². The average Bonchev–Trinajstić information content (AvgIpc) is 3.41. The molecule has 1 spiro atoms. The second kappa shape index (κ2) is 6.00. The molecule has 0 atom stereocenters. The smallest absolute Gasteiger partial charge is 0.289 e. The molecule has 0 bridgehead atoms. The number of hydrogen-bond donors (Lipinski definition) is 0. The Morgan fingerprint density at radius 3 is 2.52 bits per heavy atom. The zero-order valence-corrected chi connectivity index (χ0v) is 14.6. The van der Waals surface area contributed by atoms with Crippen LogP contribution in [0.3, 0.4) is 0 Å². The minimum Gasteiger partial charge on any atom is -0.456 e. The first-order valence-electron chi connectivity index (χ1n) is 9.16. The minimum absolute atomic E-state index is 0.124. The first-order chi connectivity index (χ1) is 12.0. The molecule has 4 rings (SSSR count). The number of amides is 2. The molecule has 0 unspecified atom stereocenters. The lowest BCUT2D eigenvalue weighted by molar-refractivity contribution is -0.139. The average molecular weight is 344 g/mol. The lowest BCUT2D eigenvalue weighted by Gasteiger charge is -2.47. The number of carbonyl (C=O) groups is 2. The fourth-order valence-corrected chi connectivity index (χ4v) is 4.22. The molecule has 3 fully saturated rings. The Morgan fingerprint density at radius 2 is 1.88 bits per heavy atom. The van der Waals surface area contributed by atoms with Crippen LogP contribution < -0.4 is 5.43 Å². The van der Waals surface area contributed by atoms with Crippen molar-refractivity contribution in [2.24, 2.45) is 5.41 Å². The van der Waals surface area contributed by atoms with Crippen molar-refractivity contribution in [3.63, 3.8) is 0 Å². The van der Waals surface area contributed by atoms with E-state index in [2.05, 4.69) is 4.90 Å². The van der Waals surface area contributed by atoms with E-state index in [0.29, 0.717) is 37.2 Å². The van der Waals surface area contributed by atoms with Crippen LogP contribution in [0.5, 0.6) is 0 Å². The van der Waals surface area contributed by atoms with Gasteiger partial charge in [-0.05, 0) is 44.4 Å². The highest BCUT2D eigenvalue weighted by molar-refractivity contribution is 5.91. The van der Waals surface area contributed by atoms with Gasteiger partial charge in [0.05, 0.1) is 0 Å². The monoisotopic (exact) mass is 344 g/mol. The predicted molar refractivity (Wildman–Crippen MR) is 91.3 cm³/mol. The fourth-order valence-electron chi connectivity index (χ4n) is 4.22. The summed E-state index contributed by atoms with van der Waals surface area (Å²) in [6.07, 6.45) is 5.65.